The molecule has 3 aromatic rings. The van der Waals surface area contributed by atoms with Crippen molar-refractivity contribution < 1.29 is 19.0 Å². The Morgan fingerprint density at radius 3 is 2.68 bits per heavy atom. The van der Waals surface area contributed by atoms with Crippen LogP contribution in [-0.2, 0) is 6.42 Å². The minimum atomic E-state index is -0.703. The van der Waals surface area contributed by atoms with Crippen molar-refractivity contribution in [3.63, 3.8) is 0 Å². The summed E-state index contributed by atoms with van der Waals surface area (Å²) in [5.74, 6) is 0.282. The van der Waals surface area contributed by atoms with Crippen LogP contribution in [0.15, 0.2) is 32.0 Å². The van der Waals surface area contributed by atoms with Crippen molar-refractivity contribution in [1.29, 1.82) is 0 Å². The summed E-state index contributed by atoms with van der Waals surface area (Å²) < 4.78 is 11.2. The second-order valence-corrected chi connectivity index (χ2v) is 7.40. The van der Waals surface area contributed by atoms with Gasteiger partial charge in [0.1, 0.15) is 28.1 Å². The van der Waals surface area contributed by atoms with Gasteiger partial charge < -0.3 is 24.4 Å². The lowest BCUT2D eigenvalue weighted by Crippen LogP contribution is -2.41. The Labute approximate surface area is 145 Å². The molecule has 0 spiro atoms. The topological polar surface area (TPSA) is 95.8 Å². The van der Waals surface area contributed by atoms with Crippen molar-refractivity contribution in [1.82, 2.24) is 5.32 Å². The van der Waals surface area contributed by atoms with Gasteiger partial charge >= 0.3 is 0 Å². The molecule has 6 heteroatoms. The Hall–Kier alpha value is -2.31. The van der Waals surface area contributed by atoms with Crippen LogP contribution in [0.25, 0.3) is 21.9 Å². The van der Waals surface area contributed by atoms with E-state index in [1.807, 2.05) is 20.8 Å². The molecule has 25 heavy (non-hydrogen) atoms. The Bertz CT molecular complexity index is 977. The molecule has 0 radical (unpaired) electrons. The molecule has 1 unspecified atom stereocenters. The molecule has 0 fully saturated rings. The van der Waals surface area contributed by atoms with Crippen LogP contribution >= 0.6 is 0 Å². The van der Waals surface area contributed by atoms with Gasteiger partial charge in [-0.15, -0.1) is 0 Å². The standard InChI is InChI=1S/C19H23NO5/c1-10-7-14(22)15-16(23)12-5-6-24-17(12)13(18(15)25-10)8-11(21)9-20-19(2,3)4/h5-7,11,20-21,23H,8-9H2,1-4H3. The molecular formula is C19H23NO5. The molecule has 0 amide bonds. The van der Waals surface area contributed by atoms with E-state index in [4.69, 9.17) is 8.83 Å². The first-order valence-corrected chi connectivity index (χ1v) is 8.26. The molecule has 3 rings (SSSR count). The Kier molecular flexibility index (Phi) is 4.34. The number of nitrogens with one attached hydrogen (secondary N) is 1. The average Bonchev–Trinajstić information content (AvgIpc) is 2.97. The molecule has 1 atom stereocenters. The molecule has 0 saturated carbocycles. The normalized spacial score (nSPS) is 13.6. The number of rotatable bonds is 4. The monoisotopic (exact) mass is 345 g/mol. The molecule has 0 aliphatic carbocycles. The summed E-state index contributed by atoms with van der Waals surface area (Å²) in [4.78, 5) is 12.4. The Morgan fingerprint density at radius 1 is 1.28 bits per heavy atom. The number of aromatic hydroxyl groups is 1. The molecule has 1 aromatic carbocycles. The van der Waals surface area contributed by atoms with Crippen molar-refractivity contribution >= 4 is 21.9 Å². The summed E-state index contributed by atoms with van der Waals surface area (Å²) in [6.45, 7) is 8.10. The molecule has 0 saturated heterocycles. The van der Waals surface area contributed by atoms with E-state index in [-0.39, 0.29) is 34.1 Å². The lowest BCUT2D eigenvalue weighted by molar-refractivity contribution is 0.161. The van der Waals surface area contributed by atoms with Crippen LogP contribution in [0, 0.1) is 6.92 Å². The number of aryl methyl sites for hydroxylation is 1. The maximum atomic E-state index is 12.4. The van der Waals surface area contributed by atoms with Gasteiger partial charge in [0, 0.05) is 30.1 Å². The number of hydrogen-bond acceptors (Lipinski definition) is 6. The fourth-order valence-corrected chi connectivity index (χ4v) is 2.93. The highest BCUT2D eigenvalue weighted by Crippen LogP contribution is 2.37. The third kappa shape index (κ3) is 3.41. The molecule has 0 aliphatic heterocycles. The zero-order chi connectivity index (χ0) is 18.4. The van der Waals surface area contributed by atoms with Gasteiger partial charge in [-0.3, -0.25) is 4.79 Å². The molecule has 2 heterocycles. The number of furan rings is 1. The maximum Gasteiger partial charge on any atom is 0.196 e. The summed E-state index contributed by atoms with van der Waals surface area (Å²) in [5.41, 5.74) is 0.828. The first-order valence-electron chi connectivity index (χ1n) is 8.26. The van der Waals surface area contributed by atoms with E-state index in [2.05, 4.69) is 5.32 Å². The van der Waals surface area contributed by atoms with Gasteiger partial charge in [0.15, 0.2) is 5.43 Å². The summed E-state index contributed by atoms with van der Waals surface area (Å²) in [5, 5.41) is 24.7. The van der Waals surface area contributed by atoms with Gasteiger partial charge in [0.05, 0.1) is 17.8 Å². The van der Waals surface area contributed by atoms with Crippen molar-refractivity contribution in [3.05, 3.63) is 39.9 Å². The zero-order valence-corrected chi connectivity index (χ0v) is 14.8. The van der Waals surface area contributed by atoms with E-state index >= 15 is 0 Å². The minimum absolute atomic E-state index is 0.116. The van der Waals surface area contributed by atoms with Crippen molar-refractivity contribution in [2.75, 3.05) is 6.54 Å². The summed E-state index contributed by atoms with van der Waals surface area (Å²) in [6.07, 6.45) is 0.978. The van der Waals surface area contributed by atoms with E-state index < -0.39 is 6.10 Å². The van der Waals surface area contributed by atoms with Crippen LogP contribution in [-0.4, -0.2) is 28.4 Å². The second-order valence-electron chi connectivity index (χ2n) is 7.40. The van der Waals surface area contributed by atoms with Crippen molar-refractivity contribution in [2.45, 2.75) is 45.8 Å². The quantitative estimate of drug-likeness (QED) is 0.673. The highest BCUT2D eigenvalue weighted by Gasteiger charge is 2.23. The third-order valence-electron chi connectivity index (χ3n) is 4.08. The molecule has 2 aromatic heterocycles. The van der Waals surface area contributed by atoms with Gasteiger partial charge in [0.25, 0.3) is 0 Å². The van der Waals surface area contributed by atoms with Gasteiger partial charge in [-0.25, -0.2) is 0 Å². The molecule has 134 valence electrons. The highest BCUT2D eigenvalue weighted by atomic mass is 16.3. The van der Waals surface area contributed by atoms with E-state index in [0.29, 0.717) is 28.8 Å². The van der Waals surface area contributed by atoms with Crippen molar-refractivity contribution in [2.24, 2.45) is 0 Å². The fraction of sp³-hybridized carbons (Fsp3) is 0.421. The minimum Gasteiger partial charge on any atom is -0.506 e. The number of phenolic OH excluding ortho intramolecular Hbond substituents is 1. The van der Waals surface area contributed by atoms with Crippen LogP contribution < -0.4 is 10.7 Å². The number of aliphatic hydroxyl groups is 1. The van der Waals surface area contributed by atoms with E-state index in [9.17, 15) is 15.0 Å². The van der Waals surface area contributed by atoms with Gasteiger partial charge in [0.2, 0.25) is 0 Å². The van der Waals surface area contributed by atoms with E-state index in [1.165, 1.54) is 12.3 Å². The van der Waals surface area contributed by atoms with E-state index in [0.717, 1.165) is 0 Å². The number of hydrogen-bond donors (Lipinski definition) is 3. The summed E-state index contributed by atoms with van der Waals surface area (Å²) in [7, 11) is 0. The number of fused-ring (bicyclic) bond motifs is 2. The van der Waals surface area contributed by atoms with Crippen LogP contribution in [0.5, 0.6) is 5.75 Å². The number of aliphatic hydroxyl groups excluding tert-OH is 1. The molecule has 6 nitrogen and oxygen atoms in total. The largest absolute Gasteiger partial charge is 0.506 e. The zero-order valence-electron chi connectivity index (χ0n) is 14.8. The maximum absolute atomic E-state index is 12.4. The van der Waals surface area contributed by atoms with E-state index in [1.54, 1.807) is 13.0 Å². The summed E-state index contributed by atoms with van der Waals surface area (Å²) >= 11 is 0. The Balaban J connectivity index is 2.13. The predicted molar refractivity (Wildman–Crippen MR) is 96.1 cm³/mol. The molecule has 3 N–H and O–H groups in total. The Morgan fingerprint density at radius 2 is 2.00 bits per heavy atom. The van der Waals surface area contributed by atoms with Gasteiger partial charge in [-0.2, -0.15) is 0 Å². The summed E-state index contributed by atoms with van der Waals surface area (Å²) in [6, 6.07) is 2.95. The smallest absolute Gasteiger partial charge is 0.196 e. The highest BCUT2D eigenvalue weighted by molar-refractivity contribution is 6.03. The fourth-order valence-electron chi connectivity index (χ4n) is 2.93. The SMILES string of the molecule is Cc1cc(=O)c2c(O)c3ccoc3c(CC(O)CNC(C)(C)C)c2o1. The predicted octanol–water partition coefficient (Wildman–Crippen LogP) is 2.84. The van der Waals surface area contributed by atoms with Crippen LogP contribution in [0.4, 0.5) is 0 Å². The van der Waals surface area contributed by atoms with Crippen LogP contribution in [0.1, 0.15) is 32.1 Å². The molecule has 0 aliphatic rings. The third-order valence-corrected chi connectivity index (χ3v) is 4.08. The first kappa shape index (κ1) is 17.5. The number of benzene rings is 1. The van der Waals surface area contributed by atoms with Crippen LogP contribution in [0.2, 0.25) is 0 Å². The van der Waals surface area contributed by atoms with Crippen molar-refractivity contribution in [3.8, 4) is 5.75 Å². The molecular weight excluding hydrogens is 322 g/mol. The first-order chi connectivity index (χ1) is 11.7. The number of phenols is 1. The average molecular weight is 345 g/mol. The second kappa shape index (κ2) is 6.20. The number of β-amino-alcohol motifs (C(OH)–C–C–N with tert-alkyl or cyclic N) is 1. The molecule has 0 bridgehead atoms. The van der Waals surface area contributed by atoms with Gasteiger partial charge in [-0.1, -0.05) is 0 Å². The van der Waals surface area contributed by atoms with Gasteiger partial charge in [-0.05, 0) is 33.8 Å². The lowest BCUT2D eigenvalue weighted by atomic mass is 10.00. The lowest BCUT2D eigenvalue weighted by Gasteiger charge is -2.23. The van der Waals surface area contributed by atoms with Crippen LogP contribution in [0.3, 0.4) is 0 Å².